The lowest BCUT2D eigenvalue weighted by molar-refractivity contribution is -0.142. The van der Waals surface area contributed by atoms with Crippen LogP contribution in [0.25, 0.3) is 0 Å². The topological polar surface area (TPSA) is 66.4 Å². The Balaban J connectivity index is 0.00000320. The quantitative estimate of drug-likeness (QED) is 0.340. The second kappa shape index (κ2) is 11.9. The van der Waals surface area contributed by atoms with E-state index in [9.17, 15) is 4.79 Å². The molecule has 174 valence electrons. The first-order valence-corrected chi connectivity index (χ1v) is 11.5. The van der Waals surface area contributed by atoms with Crippen LogP contribution in [0.5, 0.6) is 0 Å². The van der Waals surface area contributed by atoms with E-state index < -0.39 is 0 Å². The second-order valence-corrected chi connectivity index (χ2v) is 9.57. The Morgan fingerprint density at radius 2 is 1.67 bits per heavy atom. The van der Waals surface area contributed by atoms with Gasteiger partial charge in [-0.15, -0.1) is 24.0 Å². The lowest BCUT2D eigenvalue weighted by Gasteiger charge is -2.40. The molecule has 3 unspecified atom stereocenters. The monoisotopic (exact) mass is 536 g/mol. The molecule has 3 aliphatic rings. The van der Waals surface area contributed by atoms with Gasteiger partial charge in [0.25, 0.3) is 5.91 Å². The molecule has 3 aliphatic heterocycles. The van der Waals surface area contributed by atoms with Crippen molar-refractivity contribution in [2.45, 2.75) is 65.6 Å². The van der Waals surface area contributed by atoms with Crippen LogP contribution in [0.1, 0.15) is 53.4 Å². The first-order chi connectivity index (χ1) is 13.9. The number of hydrogen-bond acceptors (Lipinski definition) is 4. The molecule has 1 amide bonds. The fourth-order valence-corrected chi connectivity index (χ4v) is 4.73. The third-order valence-electron chi connectivity index (χ3n) is 6.20. The average Bonchev–Trinajstić information content (AvgIpc) is 3.25. The molecule has 0 aromatic carbocycles. The van der Waals surface area contributed by atoms with Gasteiger partial charge in [0.15, 0.2) is 5.96 Å². The van der Waals surface area contributed by atoms with Gasteiger partial charge in [0, 0.05) is 58.4 Å². The Labute approximate surface area is 199 Å². The predicted molar refractivity (Wildman–Crippen MR) is 130 cm³/mol. The first kappa shape index (κ1) is 25.6. The van der Waals surface area contributed by atoms with E-state index in [0.29, 0.717) is 12.5 Å². The molecule has 3 atom stereocenters. The van der Waals surface area contributed by atoms with Gasteiger partial charge in [-0.1, -0.05) is 20.8 Å². The molecule has 0 radical (unpaired) electrons. The zero-order valence-electron chi connectivity index (χ0n) is 19.2. The Bertz CT molecular complexity index is 567. The number of halogens is 1. The highest BCUT2D eigenvalue weighted by molar-refractivity contribution is 14.0. The fraction of sp³-hybridized carbons (Fsp3) is 0.909. The van der Waals surface area contributed by atoms with Crippen LogP contribution in [0, 0.1) is 11.3 Å². The molecule has 1 N–H and O–H groups in total. The maximum Gasteiger partial charge on any atom is 0.251 e. The second-order valence-electron chi connectivity index (χ2n) is 9.57. The number of nitrogens with one attached hydrogen (secondary N) is 1. The summed E-state index contributed by atoms with van der Waals surface area (Å²) in [7, 11) is 0. The maximum atomic E-state index is 12.6. The molecule has 7 nitrogen and oxygen atoms in total. The van der Waals surface area contributed by atoms with Crippen LogP contribution in [0.15, 0.2) is 4.99 Å². The van der Waals surface area contributed by atoms with Crippen LogP contribution in [0.2, 0.25) is 0 Å². The summed E-state index contributed by atoms with van der Waals surface area (Å²) >= 11 is 0. The number of carbonyl (C=O) groups is 1. The molecule has 3 saturated heterocycles. The third kappa shape index (κ3) is 6.69. The van der Waals surface area contributed by atoms with Gasteiger partial charge in [0.05, 0.1) is 6.10 Å². The van der Waals surface area contributed by atoms with Crippen LogP contribution >= 0.6 is 24.0 Å². The Hall–Kier alpha value is -0.610. The summed E-state index contributed by atoms with van der Waals surface area (Å²) in [5, 5.41) is 3.45. The van der Waals surface area contributed by atoms with Gasteiger partial charge < -0.3 is 24.6 Å². The molecule has 0 aromatic rings. The summed E-state index contributed by atoms with van der Waals surface area (Å²) in [5.74, 6) is 1.59. The number of carbonyl (C=O) groups excluding carboxylic acids is 1. The van der Waals surface area contributed by atoms with Crippen molar-refractivity contribution >= 4 is 35.8 Å². The molecule has 3 heterocycles. The van der Waals surface area contributed by atoms with Crippen molar-refractivity contribution in [1.82, 2.24) is 15.1 Å². The minimum Gasteiger partial charge on any atom is -0.377 e. The molecular weight excluding hydrogens is 495 g/mol. The van der Waals surface area contributed by atoms with E-state index in [2.05, 4.69) is 37.9 Å². The van der Waals surface area contributed by atoms with E-state index in [4.69, 9.17) is 14.5 Å². The minimum absolute atomic E-state index is 0. The number of ether oxygens (including phenoxy) is 2. The molecule has 3 fully saturated rings. The average molecular weight is 536 g/mol. The zero-order valence-corrected chi connectivity index (χ0v) is 21.5. The van der Waals surface area contributed by atoms with E-state index >= 15 is 0 Å². The van der Waals surface area contributed by atoms with Gasteiger partial charge in [0.2, 0.25) is 0 Å². The van der Waals surface area contributed by atoms with Gasteiger partial charge in [-0.05, 0) is 38.0 Å². The first-order valence-electron chi connectivity index (χ1n) is 11.5. The number of nitrogens with zero attached hydrogens (tertiary/aromatic N) is 3. The SMILES string of the molecule is CCNC(=NCC1CCCOC1C(C)(C)C)N1CCN(C(=O)C2CCCO2)CC1.I. The molecular formula is C22H41IN4O3. The van der Waals surface area contributed by atoms with Gasteiger partial charge in [-0.3, -0.25) is 9.79 Å². The summed E-state index contributed by atoms with van der Waals surface area (Å²) in [6, 6.07) is 0. The van der Waals surface area contributed by atoms with E-state index in [1.165, 1.54) is 6.42 Å². The molecule has 8 heteroatoms. The Kier molecular flexibility index (Phi) is 10.1. The van der Waals surface area contributed by atoms with Gasteiger partial charge in [0.1, 0.15) is 6.10 Å². The summed E-state index contributed by atoms with van der Waals surface area (Å²) in [5.41, 5.74) is 0.132. The number of rotatable bonds is 4. The van der Waals surface area contributed by atoms with Crippen molar-refractivity contribution in [3.05, 3.63) is 0 Å². The normalized spacial score (nSPS) is 28.3. The molecule has 3 rings (SSSR count). The molecule has 0 spiro atoms. The third-order valence-corrected chi connectivity index (χ3v) is 6.20. The van der Waals surface area contributed by atoms with Crippen LogP contribution in [-0.4, -0.2) is 86.4 Å². The summed E-state index contributed by atoms with van der Waals surface area (Å²) < 4.78 is 11.7. The molecule has 0 aromatic heterocycles. The predicted octanol–water partition coefficient (Wildman–Crippen LogP) is 2.73. The smallest absolute Gasteiger partial charge is 0.251 e. The van der Waals surface area contributed by atoms with E-state index in [1.54, 1.807) is 0 Å². The highest BCUT2D eigenvalue weighted by Crippen LogP contribution is 2.34. The maximum absolute atomic E-state index is 12.6. The number of piperazine rings is 1. The summed E-state index contributed by atoms with van der Waals surface area (Å²) in [6.07, 6.45) is 4.19. The molecule has 0 aliphatic carbocycles. The summed E-state index contributed by atoms with van der Waals surface area (Å²) in [4.78, 5) is 21.8. The van der Waals surface area contributed by atoms with Crippen molar-refractivity contribution < 1.29 is 14.3 Å². The van der Waals surface area contributed by atoms with E-state index in [1.807, 2.05) is 4.90 Å². The fourth-order valence-electron chi connectivity index (χ4n) is 4.73. The highest BCUT2D eigenvalue weighted by atomic mass is 127. The molecule has 30 heavy (non-hydrogen) atoms. The van der Waals surface area contributed by atoms with Gasteiger partial charge in [-0.2, -0.15) is 0 Å². The Morgan fingerprint density at radius 3 is 2.27 bits per heavy atom. The van der Waals surface area contributed by atoms with Crippen molar-refractivity contribution in [2.24, 2.45) is 16.3 Å². The van der Waals surface area contributed by atoms with E-state index in [-0.39, 0.29) is 47.5 Å². The molecule has 0 saturated carbocycles. The van der Waals surface area contributed by atoms with Crippen molar-refractivity contribution in [3.63, 3.8) is 0 Å². The van der Waals surface area contributed by atoms with Crippen LogP contribution < -0.4 is 5.32 Å². The number of hydrogen-bond donors (Lipinski definition) is 1. The van der Waals surface area contributed by atoms with Crippen LogP contribution in [0.4, 0.5) is 0 Å². The van der Waals surface area contributed by atoms with Gasteiger partial charge in [-0.25, -0.2) is 0 Å². The molecule has 0 bridgehead atoms. The van der Waals surface area contributed by atoms with Crippen LogP contribution in [0.3, 0.4) is 0 Å². The van der Waals surface area contributed by atoms with Crippen molar-refractivity contribution in [1.29, 1.82) is 0 Å². The van der Waals surface area contributed by atoms with E-state index in [0.717, 1.165) is 71.1 Å². The minimum atomic E-state index is -0.218. The lowest BCUT2D eigenvalue weighted by Crippen LogP contribution is -2.55. The largest absolute Gasteiger partial charge is 0.377 e. The number of amides is 1. The Morgan fingerprint density at radius 1 is 1.03 bits per heavy atom. The van der Waals surface area contributed by atoms with Crippen molar-refractivity contribution in [3.8, 4) is 0 Å². The standard InChI is InChI=1S/C22H40N4O3.HI/c1-5-23-21(24-16-17-8-6-15-29-19(17)22(2,3)4)26-12-10-25(11-13-26)20(27)18-9-7-14-28-18;/h17-19H,5-16H2,1-4H3,(H,23,24);1H. The van der Waals surface area contributed by atoms with Gasteiger partial charge >= 0.3 is 0 Å². The number of guanidine groups is 1. The van der Waals surface area contributed by atoms with Crippen molar-refractivity contribution in [2.75, 3.05) is 52.5 Å². The zero-order chi connectivity index (χ0) is 20.9. The number of aliphatic imine (C=N–C) groups is 1. The highest BCUT2D eigenvalue weighted by Gasteiger charge is 2.35. The van der Waals surface area contributed by atoms with Crippen LogP contribution in [-0.2, 0) is 14.3 Å². The lowest BCUT2D eigenvalue weighted by atomic mass is 9.78. The summed E-state index contributed by atoms with van der Waals surface area (Å²) in [6.45, 7) is 15.2.